The zero-order valence-corrected chi connectivity index (χ0v) is 11.8. The molecule has 0 aliphatic heterocycles. The number of halogens is 3. The Morgan fingerprint density at radius 1 is 1.37 bits per heavy atom. The molecule has 0 heterocycles. The third kappa shape index (κ3) is 4.80. The highest BCUT2D eigenvalue weighted by atomic mass is 35.5. The van der Waals surface area contributed by atoms with Crippen LogP contribution < -0.4 is 5.32 Å². The summed E-state index contributed by atoms with van der Waals surface area (Å²) < 4.78 is 18.6. The normalized spacial score (nSPS) is 16.4. The first-order chi connectivity index (χ1) is 9.06. The Morgan fingerprint density at radius 2 is 2.00 bits per heavy atom. The molecule has 2 rings (SSSR count). The maximum Gasteiger partial charge on any atom is 0.160 e. The predicted molar refractivity (Wildman–Crippen MR) is 74.5 cm³/mol. The van der Waals surface area contributed by atoms with Crippen molar-refractivity contribution >= 4 is 28.9 Å². The number of aliphatic hydroxyl groups excluding tert-OH is 1. The fraction of sp³-hybridized carbons (Fsp3) is 0.538. The summed E-state index contributed by atoms with van der Waals surface area (Å²) in [6, 6.07) is 2.86. The van der Waals surface area contributed by atoms with Gasteiger partial charge < -0.3 is 15.2 Å². The van der Waals surface area contributed by atoms with Gasteiger partial charge in [0.1, 0.15) is 0 Å². The number of aliphatic hydroxyl groups is 1. The SMILES string of the molecule is OC(CNc1cc(Cl)c(F)c(Cl)c1)COCC1CC1. The summed E-state index contributed by atoms with van der Waals surface area (Å²) in [6.07, 6.45) is 1.82. The monoisotopic (exact) mass is 307 g/mol. The van der Waals surface area contributed by atoms with Gasteiger partial charge in [-0.25, -0.2) is 4.39 Å². The Hall–Kier alpha value is -0.550. The molecule has 0 spiro atoms. The summed E-state index contributed by atoms with van der Waals surface area (Å²) in [5, 5.41) is 12.6. The zero-order chi connectivity index (χ0) is 13.8. The van der Waals surface area contributed by atoms with Crippen molar-refractivity contribution in [3.63, 3.8) is 0 Å². The van der Waals surface area contributed by atoms with Crippen LogP contribution in [-0.2, 0) is 4.74 Å². The third-order valence-corrected chi connectivity index (χ3v) is 3.44. The first-order valence-corrected chi connectivity index (χ1v) is 6.96. The average molecular weight is 308 g/mol. The summed E-state index contributed by atoms with van der Waals surface area (Å²) in [4.78, 5) is 0. The van der Waals surface area contributed by atoms with Gasteiger partial charge in [-0.15, -0.1) is 0 Å². The van der Waals surface area contributed by atoms with Crippen LogP contribution in [0.15, 0.2) is 12.1 Å². The smallest absolute Gasteiger partial charge is 0.160 e. The van der Waals surface area contributed by atoms with Gasteiger partial charge in [0, 0.05) is 18.8 Å². The molecule has 3 nitrogen and oxygen atoms in total. The van der Waals surface area contributed by atoms with Gasteiger partial charge in [-0.1, -0.05) is 23.2 Å². The van der Waals surface area contributed by atoms with Gasteiger partial charge in [-0.2, -0.15) is 0 Å². The van der Waals surface area contributed by atoms with Crippen LogP contribution in [0.2, 0.25) is 10.0 Å². The van der Waals surface area contributed by atoms with Crippen LogP contribution >= 0.6 is 23.2 Å². The highest BCUT2D eigenvalue weighted by molar-refractivity contribution is 6.35. The summed E-state index contributed by atoms with van der Waals surface area (Å²) in [7, 11) is 0. The van der Waals surface area contributed by atoms with Gasteiger partial charge >= 0.3 is 0 Å². The van der Waals surface area contributed by atoms with Crippen molar-refractivity contribution in [3.8, 4) is 0 Å². The summed E-state index contributed by atoms with van der Waals surface area (Å²) in [6.45, 7) is 1.29. The Bertz CT molecular complexity index is 418. The number of rotatable bonds is 7. The van der Waals surface area contributed by atoms with Crippen LogP contribution in [0.1, 0.15) is 12.8 Å². The van der Waals surface area contributed by atoms with Crippen LogP contribution in [0.5, 0.6) is 0 Å². The van der Waals surface area contributed by atoms with Crippen molar-refractivity contribution in [2.24, 2.45) is 5.92 Å². The summed E-state index contributed by atoms with van der Waals surface area (Å²) in [5.74, 6) is 0.0390. The van der Waals surface area contributed by atoms with E-state index in [4.69, 9.17) is 27.9 Å². The Labute approximate surface area is 121 Å². The molecule has 1 saturated carbocycles. The quantitative estimate of drug-likeness (QED) is 0.759. The fourth-order valence-electron chi connectivity index (χ4n) is 1.61. The lowest BCUT2D eigenvalue weighted by molar-refractivity contribution is 0.0386. The van der Waals surface area contributed by atoms with Crippen molar-refractivity contribution < 1.29 is 14.2 Å². The van der Waals surface area contributed by atoms with Gasteiger partial charge in [0.15, 0.2) is 5.82 Å². The lowest BCUT2D eigenvalue weighted by atomic mass is 10.3. The minimum Gasteiger partial charge on any atom is -0.389 e. The Balaban J connectivity index is 1.74. The summed E-state index contributed by atoms with van der Waals surface area (Å²) in [5.41, 5.74) is 0.567. The molecule has 0 aromatic heterocycles. The predicted octanol–water partition coefficient (Wildman–Crippen LogP) is 3.33. The van der Waals surface area contributed by atoms with Gasteiger partial charge in [0.05, 0.1) is 22.8 Å². The minimum absolute atomic E-state index is 0.0468. The molecule has 0 amide bonds. The second-order valence-corrected chi connectivity index (χ2v) is 5.58. The third-order valence-electron chi connectivity index (χ3n) is 2.89. The van der Waals surface area contributed by atoms with Crippen LogP contribution in [0, 0.1) is 11.7 Å². The van der Waals surface area contributed by atoms with Crippen molar-refractivity contribution in [3.05, 3.63) is 28.0 Å². The van der Waals surface area contributed by atoms with Gasteiger partial charge in [-0.05, 0) is 30.9 Å². The maximum atomic E-state index is 13.2. The Morgan fingerprint density at radius 3 is 2.58 bits per heavy atom. The van der Waals surface area contributed by atoms with Crippen LogP contribution in [-0.4, -0.2) is 31.0 Å². The minimum atomic E-state index is -0.637. The van der Waals surface area contributed by atoms with Crippen LogP contribution in [0.25, 0.3) is 0 Å². The molecule has 1 aliphatic carbocycles. The van der Waals surface area contributed by atoms with Crippen LogP contribution in [0.4, 0.5) is 10.1 Å². The van der Waals surface area contributed by atoms with E-state index in [1.165, 1.54) is 25.0 Å². The van der Waals surface area contributed by atoms with Crippen LogP contribution in [0.3, 0.4) is 0 Å². The topological polar surface area (TPSA) is 41.5 Å². The molecule has 0 bridgehead atoms. The van der Waals surface area contributed by atoms with Crippen molar-refractivity contribution in [1.29, 1.82) is 0 Å². The van der Waals surface area contributed by atoms with E-state index in [9.17, 15) is 9.50 Å². The van der Waals surface area contributed by atoms with E-state index in [0.29, 0.717) is 24.8 Å². The second-order valence-electron chi connectivity index (χ2n) is 4.77. The van der Waals surface area contributed by atoms with Gasteiger partial charge in [0.25, 0.3) is 0 Å². The average Bonchev–Trinajstić information content (AvgIpc) is 3.17. The number of hydrogen-bond acceptors (Lipinski definition) is 3. The molecule has 1 atom stereocenters. The maximum absolute atomic E-state index is 13.2. The van der Waals surface area contributed by atoms with E-state index in [1.807, 2.05) is 0 Å². The molecule has 106 valence electrons. The Kier molecular flexibility index (Phi) is 5.28. The lowest BCUT2D eigenvalue weighted by Crippen LogP contribution is -2.25. The molecule has 6 heteroatoms. The molecular weight excluding hydrogens is 292 g/mol. The molecule has 1 aromatic carbocycles. The van der Waals surface area contributed by atoms with Crippen molar-refractivity contribution in [2.75, 3.05) is 25.1 Å². The van der Waals surface area contributed by atoms with E-state index in [2.05, 4.69) is 5.32 Å². The zero-order valence-electron chi connectivity index (χ0n) is 10.3. The number of benzene rings is 1. The molecule has 1 fully saturated rings. The van der Waals surface area contributed by atoms with Crippen molar-refractivity contribution in [1.82, 2.24) is 0 Å². The highest BCUT2D eigenvalue weighted by Gasteiger charge is 2.21. The number of hydrogen-bond donors (Lipinski definition) is 2. The number of ether oxygens (including phenoxy) is 1. The molecule has 19 heavy (non-hydrogen) atoms. The molecular formula is C13H16Cl2FNO2. The van der Waals surface area contributed by atoms with E-state index >= 15 is 0 Å². The molecule has 1 aromatic rings. The molecule has 2 N–H and O–H groups in total. The number of anilines is 1. The molecule has 1 unspecified atom stereocenters. The standard InChI is InChI=1S/C13H16Cl2FNO2/c14-11-3-9(4-12(15)13(11)16)17-5-10(18)7-19-6-8-1-2-8/h3-4,8,10,17-18H,1-2,5-7H2. The van der Waals surface area contributed by atoms with Gasteiger partial charge in [-0.3, -0.25) is 0 Å². The van der Waals surface area contributed by atoms with E-state index < -0.39 is 11.9 Å². The van der Waals surface area contributed by atoms with E-state index in [1.54, 1.807) is 0 Å². The first-order valence-electron chi connectivity index (χ1n) is 6.20. The molecule has 0 radical (unpaired) electrons. The van der Waals surface area contributed by atoms with E-state index in [-0.39, 0.29) is 16.7 Å². The first kappa shape index (κ1) is 14.9. The van der Waals surface area contributed by atoms with E-state index in [0.717, 1.165) is 0 Å². The lowest BCUT2D eigenvalue weighted by Gasteiger charge is -2.13. The molecule has 1 aliphatic rings. The van der Waals surface area contributed by atoms with Gasteiger partial charge in [0.2, 0.25) is 0 Å². The largest absolute Gasteiger partial charge is 0.389 e. The fourth-order valence-corrected chi connectivity index (χ4v) is 2.09. The summed E-state index contributed by atoms with van der Waals surface area (Å²) >= 11 is 11.3. The number of nitrogens with one attached hydrogen (secondary N) is 1. The van der Waals surface area contributed by atoms with Crippen molar-refractivity contribution in [2.45, 2.75) is 18.9 Å². The molecule has 0 saturated heterocycles. The second kappa shape index (κ2) is 6.75. The highest BCUT2D eigenvalue weighted by Crippen LogP contribution is 2.29.